The van der Waals surface area contributed by atoms with Crippen molar-refractivity contribution in [1.82, 2.24) is 0 Å². The summed E-state index contributed by atoms with van der Waals surface area (Å²) in [6.07, 6.45) is 11.3. The van der Waals surface area contributed by atoms with Crippen molar-refractivity contribution in [2.24, 2.45) is 5.92 Å². The lowest BCUT2D eigenvalue weighted by Gasteiger charge is -2.31. The van der Waals surface area contributed by atoms with Crippen molar-refractivity contribution in [1.29, 1.82) is 0 Å². The van der Waals surface area contributed by atoms with Crippen molar-refractivity contribution in [3.05, 3.63) is 150 Å². The van der Waals surface area contributed by atoms with Crippen LogP contribution in [0.2, 0.25) is 0 Å². The van der Waals surface area contributed by atoms with E-state index < -0.39 is 0 Å². The Morgan fingerprint density at radius 2 is 1.22 bits per heavy atom. The van der Waals surface area contributed by atoms with E-state index in [1.54, 1.807) is 5.57 Å². The molecule has 10 rings (SSSR count). The molecule has 216 valence electrons. The first-order valence-electron chi connectivity index (χ1n) is 16.0. The van der Waals surface area contributed by atoms with Gasteiger partial charge in [-0.25, -0.2) is 0 Å². The van der Waals surface area contributed by atoms with Crippen LogP contribution in [0.15, 0.2) is 138 Å². The zero-order chi connectivity index (χ0) is 29.5. The van der Waals surface area contributed by atoms with Crippen molar-refractivity contribution in [3.8, 4) is 0 Å². The van der Waals surface area contributed by atoms with Crippen molar-refractivity contribution in [3.63, 3.8) is 0 Å². The van der Waals surface area contributed by atoms with Crippen LogP contribution in [0, 0.1) is 5.92 Å². The normalized spacial score (nSPS) is 21.2. The lowest BCUT2D eigenvalue weighted by atomic mass is 9.75. The third-order valence-electron chi connectivity index (χ3n) is 10.2. The molecule has 0 fully saturated rings. The maximum Gasteiger partial charge on any atom is 0.0355 e. The average molecular weight is 631 g/mol. The molecule has 0 saturated carbocycles. The van der Waals surface area contributed by atoms with E-state index in [-0.39, 0.29) is 0 Å². The third kappa shape index (κ3) is 4.32. The Morgan fingerprint density at radius 3 is 2.00 bits per heavy atom. The number of fused-ring (bicyclic) bond motifs is 9. The zero-order valence-electron chi connectivity index (χ0n) is 24.7. The van der Waals surface area contributed by atoms with Gasteiger partial charge in [-0.15, -0.1) is 34.4 Å². The number of allylic oxidation sites excluding steroid dienone is 6. The predicted molar refractivity (Wildman–Crippen MR) is 199 cm³/mol. The highest BCUT2D eigenvalue weighted by Gasteiger charge is 2.36. The van der Waals surface area contributed by atoms with Gasteiger partial charge >= 0.3 is 0 Å². The fraction of sp³-hybridized carbons (Fsp3) is 0.143. The maximum atomic E-state index is 2.67. The maximum absolute atomic E-state index is 2.67. The highest BCUT2D eigenvalue weighted by atomic mass is 32.2. The summed E-state index contributed by atoms with van der Waals surface area (Å²) < 4.78 is 5.47. The van der Waals surface area contributed by atoms with Crippen LogP contribution in [0.25, 0.3) is 51.5 Å². The van der Waals surface area contributed by atoms with E-state index in [2.05, 4.69) is 139 Å². The van der Waals surface area contributed by atoms with E-state index in [0.717, 1.165) is 6.42 Å². The lowest BCUT2D eigenvalue weighted by Crippen LogP contribution is -2.18. The van der Waals surface area contributed by atoms with Crippen LogP contribution in [-0.2, 0) is 0 Å². The molecule has 3 aliphatic rings. The molecule has 7 aromatic rings. The van der Waals surface area contributed by atoms with E-state index in [1.165, 1.54) is 85.9 Å². The molecule has 1 aliphatic heterocycles. The molecule has 45 heavy (non-hydrogen) atoms. The first-order valence-corrected chi connectivity index (χ1v) is 18.5. The minimum Gasteiger partial charge on any atom is -0.135 e. The number of benzene rings is 5. The molecule has 3 atom stereocenters. The highest BCUT2D eigenvalue weighted by Crippen LogP contribution is 2.53. The summed E-state index contributed by atoms with van der Waals surface area (Å²) in [5.41, 5.74) is 8.66. The molecule has 2 aromatic heterocycles. The van der Waals surface area contributed by atoms with Gasteiger partial charge in [0.2, 0.25) is 0 Å². The van der Waals surface area contributed by atoms with Crippen LogP contribution in [0.3, 0.4) is 0 Å². The molecule has 0 nitrogen and oxygen atoms in total. The van der Waals surface area contributed by atoms with Gasteiger partial charge in [0.1, 0.15) is 0 Å². The highest BCUT2D eigenvalue weighted by molar-refractivity contribution is 8.00. The minimum atomic E-state index is 0.406. The van der Waals surface area contributed by atoms with Gasteiger partial charge in [0.05, 0.1) is 0 Å². The molecule has 0 spiro atoms. The van der Waals surface area contributed by atoms with E-state index in [0.29, 0.717) is 17.1 Å². The van der Waals surface area contributed by atoms with Crippen molar-refractivity contribution in [2.75, 3.05) is 0 Å². The van der Waals surface area contributed by atoms with Gasteiger partial charge in [-0.05, 0) is 89.6 Å². The van der Waals surface area contributed by atoms with Gasteiger partial charge < -0.3 is 0 Å². The summed E-state index contributed by atoms with van der Waals surface area (Å²) in [5.74, 6) is 0.937. The fourth-order valence-corrected chi connectivity index (χ4v) is 11.5. The fourth-order valence-electron chi connectivity index (χ4n) is 7.93. The standard InChI is InChI=1S/C42H30S3/c1-4-10-37-31(7-1)34-22-25(13-16-40(34)43-37)28-19-29(26-14-17-41-35(23-26)32-8-2-5-11-38(32)44-41)21-30(20-28)27-15-18-42-36(24-27)33-9-3-6-12-39(33)45-42/h1-14,16-17,19-20,22-24,30,36,42H,15,18,21H2. The van der Waals surface area contributed by atoms with Crippen molar-refractivity contribution >= 4 is 85.9 Å². The first kappa shape index (κ1) is 26.3. The Labute approximate surface area is 275 Å². The first-order chi connectivity index (χ1) is 22.2. The van der Waals surface area contributed by atoms with Crippen LogP contribution in [0.5, 0.6) is 0 Å². The number of rotatable bonds is 3. The Hall–Kier alpha value is -3.89. The van der Waals surface area contributed by atoms with Crippen molar-refractivity contribution in [2.45, 2.75) is 35.3 Å². The molecule has 3 heteroatoms. The Kier molecular flexibility index (Phi) is 6.04. The van der Waals surface area contributed by atoms with Gasteiger partial charge in [-0.3, -0.25) is 0 Å². The van der Waals surface area contributed by atoms with Gasteiger partial charge in [0.15, 0.2) is 0 Å². The van der Waals surface area contributed by atoms with Crippen LogP contribution < -0.4 is 0 Å². The second-order valence-electron chi connectivity index (χ2n) is 12.7. The Morgan fingerprint density at radius 1 is 0.578 bits per heavy atom. The number of hydrogen-bond acceptors (Lipinski definition) is 3. The van der Waals surface area contributed by atoms with Crippen molar-refractivity contribution < 1.29 is 0 Å². The molecule has 0 saturated heterocycles. The molecule has 0 radical (unpaired) electrons. The van der Waals surface area contributed by atoms with E-state index >= 15 is 0 Å². The summed E-state index contributed by atoms with van der Waals surface area (Å²) in [7, 11) is 0. The summed E-state index contributed by atoms with van der Waals surface area (Å²) in [6.45, 7) is 0. The van der Waals surface area contributed by atoms with Gasteiger partial charge in [-0.1, -0.05) is 90.5 Å². The van der Waals surface area contributed by atoms with Crippen LogP contribution in [0.4, 0.5) is 0 Å². The second kappa shape index (κ2) is 10.3. The summed E-state index contributed by atoms with van der Waals surface area (Å²) in [4.78, 5) is 1.48. The average Bonchev–Trinajstić information content (AvgIpc) is 3.78. The van der Waals surface area contributed by atoms with Crippen LogP contribution in [0.1, 0.15) is 41.9 Å². The number of thiophene rings is 2. The Bertz CT molecular complexity index is 2410. The summed E-state index contributed by atoms with van der Waals surface area (Å²) in [5, 5.41) is 6.17. The van der Waals surface area contributed by atoms with Gasteiger partial charge in [0, 0.05) is 62.3 Å². The topological polar surface area (TPSA) is 0 Å². The molecular formula is C42H30S3. The quantitative estimate of drug-likeness (QED) is 0.175. The van der Waals surface area contributed by atoms with Gasteiger partial charge in [0.25, 0.3) is 0 Å². The predicted octanol–water partition coefficient (Wildman–Crippen LogP) is 12.9. The molecule has 0 N–H and O–H groups in total. The molecule has 3 unspecified atom stereocenters. The molecular weight excluding hydrogens is 601 g/mol. The molecule has 3 heterocycles. The van der Waals surface area contributed by atoms with E-state index in [4.69, 9.17) is 0 Å². The third-order valence-corrected chi connectivity index (χ3v) is 13.9. The van der Waals surface area contributed by atoms with E-state index in [9.17, 15) is 0 Å². The molecule has 0 amide bonds. The van der Waals surface area contributed by atoms with Crippen LogP contribution in [-0.4, -0.2) is 5.25 Å². The van der Waals surface area contributed by atoms with Crippen LogP contribution >= 0.6 is 34.4 Å². The largest absolute Gasteiger partial charge is 0.135 e. The Balaban J connectivity index is 1.11. The smallest absolute Gasteiger partial charge is 0.0355 e. The second-order valence-corrected chi connectivity index (χ2v) is 16.2. The van der Waals surface area contributed by atoms with E-state index in [1.807, 2.05) is 22.7 Å². The number of thioether (sulfide) groups is 1. The summed E-state index contributed by atoms with van der Waals surface area (Å²) in [6, 6.07) is 41.1. The summed E-state index contributed by atoms with van der Waals surface area (Å²) >= 11 is 5.90. The monoisotopic (exact) mass is 630 g/mol. The number of hydrogen-bond donors (Lipinski definition) is 0. The molecule has 5 aromatic carbocycles. The minimum absolute atomic E-state index is 0.406. The SMILES string of the molecule is C1=C(c2ccc3sc4ccccc4c3c2)C=C(c2ccc3sc4ccccc4c3c2)CC1C1=CC2c3ccccc3SC2CC1. The zero-order valence-corrected chi connectivity index (χ0v) is 27.2. The molecule has 2 aliphatic carbocycles. The lowest BCUT2D eigenvalue weighted by molar-refractivity contribution is 0.604. The molecule has 0 bridgehead atoms. The van der Waals surface area contributed by atoms with Gasteiger partial charge in [-0.2, -0.15) is 0 Å².